The van der Waals surface area contributed by atoms with Crippen LogP contribution in [0.25, 0.3) is 0 Å². The molecule has 0 fully saturated rings. The van der Waals surface area contributed by atoms with Crippen LogP contribution in [-0.4, -0.2) is 34.4 Å². The van der Waals surface area contributed by atoms with Crippen molar-refractivity contribution in [1.82, 2.24) is 0 Å². The Hall–Kier alpha value is -0.650. The normalized spacial score (nSPS) is 18.9. The van der Waals surface area contributed by atoms with Gasteiger partial charge in [0.15, 0.2) is 0 Å². The summed E-state index contributed by atoms with van der Waals surface area (Å²) in [6.45, 7) is 1.48. The summed E-state index contributed by atoms with van der Waals surface area (Å²) >= 11 is 0. The molecule has 0 aliphatic carbocycles. The lowest BCUT2D eigenvalue weighted by Gasteiger charge is -2.26. The van der Waals surface area contributed by atoms with Crippen molar-refractivity contribution in [2.75, 3.05) is 6.54 Å². The van der Waals surface area contributed by atoms with E-state index in [1.54, 1.807) is 0 Å². The van der Waals surface area contributed by atoms with Crippen LogP contribution in [0.15, 0.2) is 0 Å². The second-order valence-corrected chi connectivity index (χ2v) is 2.56. The zero-order valence-electron chi connectivity index (χ0n) is 6.45. The Balaban J connectivity index is 4.38. The molecule has 0 aliphatic heterocycles. The van der Waals surface area contributed by atoms with Crippen molar-refractivity contribution in [2.24, 2.45) is 11.5 Å². The number of nitrogens with two attached hydrogens (primary N) is 2. The number of rotatable bonds is 4. The Morgan fingerprint density at radius 1 is 1.73 bits per heavy atom. The van der Waals surface area contributed by atoms with Gasteiger partial charge in [0.25, 0.3) is 0 Å². The number of hydrogen-bond acceptors (Lipinski definition) is 4. The lowest BCUT2D eigenvalue weighted by atomic mass is 9.91. The molecule has 0 aromatic rings. The molecule has 0 saturated carbocycles. The molecule has 0 aliphatic rings. The molecule has 66 valence electrons. The van der Waals surface area contributed by atoms with Crippen LogP contribution in [0.1, 0.15) is 13.3 Å². The third kappa shape index (κ3) is 2.14. The van der Waals surface area contributed by atoms with Crippen LogP contribution in [0.2, 0.25) is 0 Å². The van der Waals surface area contributed by atoms with Crippen LogP contribution in [-0.2, 0) is 4.79 Å². The summed E-state index contributed by atoms with van der Waals surface area (Å²) in [4.78, 5) is 10.5. The molecular weight excluding hydrogens is 148 g/mol. The summed E-state index contributed by atoms with van der Waals surface area (Å²) in [5.74, 6) is -1.22. The lowest BCUT2D eigenvalue weighted by Crippen LogP contribution is -2.57. The van der Waals surface area contributed by atoms with Crippen LogP contribution < -0.4 is 11.5 Å². The van der Waals surface area contributed by atoms with Crippen LogP contribution in [0.3, 0.4) is 0 Å². The Morgan fingerprint density at radius 3 is 2.27 bits per heavy atom. The molecule has 0 heterocycles. The summed E-state index contributed by atoms with van der Waals surface area (Å²) in [7, 11) is 0. The third-order valence-corrected chi connectivity index (χ3v) is 1.70. The lowest BCUT2D eigenvalue weighted by molar-refractivity contribution is -0.147. The summed E-state index contributed by atoms with van der Waals surface area (Å²) < 4.78 is 0. The number of aliphatic hydroxyl groups excluding tert-OH is 1. The maximum Gasteiger partial charge on any atom is 0.326 e. The first-order chi connectivity index (χ1) is 4.95. The number of aliphatic carboxylic acids is 1. The van der Waals surface area contributed by atoms with Gasteiger partial charge in [-0.25, -0.2) is 0 Å². The molecule has 6 N–H and O–H groups in total. The fraction of sp³-hybridized carbons (Fsp3) is 0.833. The molecule has 0 aromatic carbocycles. The van der Waals surface area contributed by atoms with E-state index in [2.05, 4.69) is 0 Å². The van der Waals surface area contributed by atoms with Gasteiger partial charge in [-0.1, -0.05) is 0 Å². The summed E-state index contributed by atoms with van der Waals surface area (Å²) in [5.41, 5.74) is 8.90. The van der Waals surface area contributed by atoms with Gasteiger partial charge in [0.2, 0.25) is 0 Å². The van der Waals surface area contributed by atoms with Gasteiger partial charge in [-0.2, -0.15) is 0 Å². The number of carbonyl (C=O) groups is 1. The maximum atomic E-state index is 10.5. The molecule has 0 unspecified atom stereocenters. The zero-order valence-corrected chi connectivity index (χ0v) is 6.45. The fourth-order valence-corrected chi connectivity index (χ4v) is 0.733. The van der Waals surface area contributed by atoms with Gasteiger partial charge in [-0.15, -0.1) is 0 Å². The van der Waals surface area contributed by atoms with Gasteiger partial charge in [0.05, 0.1) is 6.10 Å². The molecule has 5 heteroatoms. The van der Waals surface area contributed by atoms with E-state index in [0.717, 1.165) is 0 Å². The minimum atomic E-state index is -1.60. The molecule has 5 nitrogen and oxygen atoms in total. The van der Waals surface area contributed by atoms with E-state index in [4.69, 9.17) is 21.7 Å². The van der Waals surface area contributed by atoms with E-state index in [1.165, 1.54) is 6.92 Å². The molecular formula is C6H14N2O3. The van der Waals surface area contributed by atoms with Crippen molar-refractivity contribution in [3.05, 3.63) is 0 Å². The summed E-state index contributed by atoms with van der Waals surface area (Å²) in [6, 6.07) is 0. The standard InChI is InChI=1S/C6H14N2O3/c1-4(9)6(8,2-3-7)5(10)11/h4,9H,2-3,7-8H2,1H3,(H,10,11)/t4-,6-/m0/s1. The van der Waals surface area contributed by atoms with E-state index in [9.17, 15) is 4.79 Å². The van der Waals surface area contributed by atoms with Gasteiger partial charge in [0, 0.05) is 0 Å². The highest BCUT2D eigenvalue weighted by molar-refractivity contribution is 5.79. The van der Waals surface area contributed by atoms with Gasteiger partial charge in [-0.3, -0.25) is 4.79 Å². The molecule has 0 rings (SSSR count). The molecule has 0 amide bonds. The topological polar surface area (TPSA) is 110 Å². The minimum Gasteiger partial charge on any atom is -0.480 e. The van der Waals surface area contributed by atoms with Crippen LogP contribution in [0, 0.1) is 0 Å². The number of carboxylic acid groups (broad SMARTS) is 1. The summed E-state index contributed by atoms with van der Waals surface area (Å²) in [5, 5.41) is 17.6. The molecule has 0 spiro atoms. The predicted octanol–water partition coefficient (Wildman–Crippen LogP) is -1.50. The van der Waals surface area contributed by atoms with E-state index < -0.39 is 17.6 Å². The average Bonchev–Trinajstić information content (AvgIpc) is 1.87. The second-order valence-electron chi connectivity index (χ2n) is 2.56. The highest BCUT2D eigenvalue weighted by Gasteiger charge is 2.38. The third-order valence-electron chi connectivity index (χ3n) is 1.70. The van der Waals surface area contributed by atoms with Crippen molar-refractivity contribution < 1.29 is 15.0 Å². The van der Waals surface area contributed by atoms with Gasteiger partial charge >= 0.3 is 5.97 Å². The Labute approximate surface area is 65.0 Å². The van der Waals surface area contributed by atoms with Crippen LogP contribution in [0.5, 0.6) is 0 Å². The van der Waals surface area contributed by atoms with E-state index in [1.807, 2.05) is 0 Å². The highest BCUT2D eigenvalue weighted by Crippen LogP contribution is 2.11. The first-order valence-corrected chi connectivity index (χ1v) is 3.35. The minimum absolute atomic E-state index is 0.0694. The van der Waals surface area contributed by atoms with Crippen LogP contribution >= 0.6 is 0 Å². The van der Waals surface area contributed by atoms with Gasteiger partial charge in [0.1, 0.15) is 5.54 Å². The Morgan fingerprint density at radius 2 is 2.18 bits per heavy atom. The Bertz CT molecular complexity index is 149. The number of aliphatic hydroxyl groups is 1. The van der Waals surface area contributed by atoms with Crippen molar-refractivity contribution in [1.29, 1.82) is 0 Å². The molecule has 0 saturated heterocycles. The van der Waals surface area contributed by atoms with Crippen molar-refractivity contribution in [3.8, 4) is 0 Å². The van der Waals surface area contributed by atoms with E-state index in [0.29, 0.717) is 0 Å². The molecule has 2 atom stereocenters. The number of hydrogen-bond donors (Lipinski definition) is 4. The molecule has 0 radical (unpaired) electrons. The molecule has 0 aromatic heterocycles. The highest BCUT2D eigenvalue weighted by atomic mass is 16.4. The summed E-state index contributed by atoms with van der Waals surface area (Å²) in [6.07, 6.45) is -1.02. The molecule has 0 bridgehead atoms. The monoisotopic (exact) mass is 162 g/mol. The first-order valence-electron chi connectivity index (χ1n) is 3.35. The smallest absolute Gasteiger partial charge is 0.326 e. The van der Waals surface area contributed by atoms with Crippen molar-refractivity contribution >= 4 is 5.97 Å². The van der Waals surface area contributed by atoms with Crippen LogP contribution in [0.4, 0.5) is 0 Å². The first kappa shape index (κ1) is 10.3. The van der Waals surface area contributed by atoms with E-state index in [-0.39, 0.29) is 13.0 Å². The largest absolute Gasteiger partial charge is 0.480 e. The average molecular weight is 162 g/mol. The second kappa shape index (κ2) is 3.66. The number of carboxylic acids is 1. The van der Waals surface area contributed by atoms with Crippen molar-refractivity contribution in [3.63, 3.8) is 0 Å². The SMILES string of the molecule is C[C@H](O)[C@@](N)(CCN)C(=O)O. The fourth-order valence-electron chi connectivity index (χ4n) is 0.733. The maximum absolute atomic E-state index is 10.5. The predicted molar refractivity (Wildman–Crippen MR) is 39.9 cm³/mol. The van der Waals surface area contributed by atoms with Gasteiger partial charge in [-0.05, 0) is 19.9 Å². The van der Waals surface area contributed by atoms with E-state index >= 15 is 0 Å². The molecule has 11 heavy (non-hydrogen) atoms. The van der Waals surface area contributed by atoms with Gasteiger partial charge < -0.3 is 21.7 Å². The Kier molecular flexibility index (Phi) is 3.44. The quantitative estimate of drug-likeness (QED) is 0.402. The zero-order chi connectivity index (χ0) is 9.07. The van der Waals surface area contributed by atoms with Crippen molar-refractivity contribution in [2.45, 2.75) is 25.0 Å².